The summed E-state index contributed by atoms with van der Waals surface area (Å²) in [5.74, 6) is 2.24. The number of hydrogen-bond acceptors (Lipinski definition) is 6. The molecule has 2 aromatic heterocycles. The molecule has 2 heterocycles. The molecule has 0 aliphatic heterocycles. The van der Waals surface area contributed by atoms with E-state index in [1.807, 2.05) is 54.6 Å². The molecule has 0 saturated carbocycles. The molecule has 0 spiro atoms. The number of nitrogens with one attached hydrogen (secondary N) is 3. The Morgan fingerprint density at radius 2 is 1.71 bits per heavy atom. The normalized spacial score (nSPS) is 13.4. The smallest absolute Gasteiger partial charge is 0.189 e. The fraction of sp³-hybridized carbons (Fsp3) is 0.269. The first kappa shape index (κ1) is 22.6. The minimum Gasteiger partial charge on any atom is -0.497 e. The van der Waals surface area contributed by atoms with E-state index < -0.39 is 0 Å². The van der Waals surface area contributed by atoms with Crippen molar-refractivity contribution < 1.29 is 4.74 Å². The zero-order valence-electron chi connectivity index (χ0n) is 19.1. The largest absolute Gasteiger partial charge is 0.497 e. The highest BCUT2D eigenvalue weighted by Crippen LogP contribution is 2.38. The molecule has 5 rings (SSSR count). The summed E-state index contributed by atoms with van der Waals surface area (Å²) in [5.41, 5.74) is 9.66. The van der Waals surface area contributed by atoms with Gasteiger partial charge in [0.15, 0.2) is 16.8 Å². The van der Waals surface area contributed by atoms with Crippen LogP contribution in [0.5, 0.6) is 5.75 Å². The third kappa shape index (κ3) is 4.98. The summed E-state index contributed by atoms with van der Waals surface area (Å²) < 4.78 is 5.31. The number of thiocarbonyl (C=S) groups is 1. The summed E-state index contributed by atoms with van der Waals surface area (Å²) in [6.07, 6.45) is 7.15. The molecule has 0 bridgehead atoms. The van der Waals surface area contributed by atoms with Gasteiger partial charge in [-0.05, 0) is 79.9 Å². The number of ether oxygens (including phenoxy) is 1. The number of aryl methyl sites for hydroxylation is 2. The number of methoxy groups -OCH3 is 1. The molecule has 1 aliphatic carbocycles. The number of thiophene rings is 1. The number of hydrogen-bond donors (Lipinski definition) is 3. The summed E-state index contributed by atoms with van der Waals surface area (Å²) in [6.45, 7) is 0. The summed E-state index contributed by atoms with van der Waals surface area (Å²) in [6, 6.07) is 17.7. The van der Waals surface area contributed by atoms with Crippen molar-refractivity contribution in [1.82, 2.24) is 15.4 Å². The minimum atomic E-state index is 0.474. The Balaban J connectivity index is 1.50. The van der Waals surface area contributed by atoms with E-state index >= 15 is 0 Å². The fourth-order valence-corrected chi connectivity index (χ4v) is 5.70. The van der Waals surface area contributed by atoms with Gasteiger partial charge in [-0.2, -0.15) is 0 Å². The van der Waals surface area contributed by atoms with Crippen LogP contribution in [-0.4, -0.2) is 22.2 Å². The molecule has 2 aromatic carbocycles. The predicted octanol–water partition coefficient (Wildman–Crippen LogP) is 6.34. The lowest BCUT2D eigenvalue weighted by Gasteiger charge is -2.15. The van der Waals surface area contributed by atoms with Crippen molar-refractivity contribution in [1.29, 1.82) is 0 Å². The van der Waals surface area contributed by atoms with Crippen LogP contribution in [0.25, 0.3) is 21.6 Å². The van der Waals surface area contributed by atoms with E-state index in [2.05, 4.69) is 16.2 Å². The van der Waals surface area contributed by atoms with E-state index in [0.29, 0.717) is 10.9 Å². The molecule has 0 fully saturated rings. The second kappa shape index (κ2) is 10.4. The van der Waals surface area contributed by atoms with Gasteiger partial charge in [0.25, 0.3) is 0 Å². The minimum absolute atomic E-state index is 0.474. The molecular formula is C26H27N5OS2. The van der Waals surface area contributed by atoms with Crippen LogP contribution < -0.4 is 20.9 Å². The number of rotatable bonds is 5. The summed E-state index contributed by atoms with van der Waals surface area (Å²) in [4.78, 5) is 12.4. The molecule has 3 N–H and O–H groups in total. The van der Waals surface area contributed by atoms with Crippen molar-refractivity contribution in [2.75, 3.05) is 17.9 Å². The SMILES string of the molecule is COc1ccc(-c2nc(NNC(=S)Nc3ccccc3)c3c4c(sc3n2)CCCCCC4)cc1. The first-order valence-corrected chi connectivity index (χ1v) is 12.8. The summed E-state index contributed by atoms with van der Waals surface area (Å²) in [5, 5.41) is 4.78. The lowest BCUT2D eigenvalue weighted by atomic mass is 9.98. The first-order valence-electron chi connectivity index (χ1n) is 11.6. The molecule has 174 valence electrons. The summed E-state index contributed by atoms with van der Waals surface area (Å²) in [7, 11) is 1.67. The van der Waals surface area contributed by atoms with Crippen molar-refractivity contribution >= 4 is 50.4 Å². The van der Waals surface area contributed by atoms with Gasteiger partial charge in [-0.1, -0.05) is 31.0 Å². The zero-order chi connectivity index (χ0) is 23.3. The number of para-hydroxylation sites is 1. The monoisotopic (exact) mass is 489 g/mol. The van der Waals surface area contributed by atoms with Gasteiger partial charge < -0.3 is 10.1 Å². The maximum atomic E-state index is 5.51. The van der Waals surface area contributed by atoms with E-state index in [4.69, 9.17) is 26.9 Å². The lowest BCUT2D eigenvalue weighted by Crippen LogP contribution is -2.33. The van der Waals surface area contributed by atoms with E-state index in [9.17, 15) is 0 Å². The molecule has 1 aliphatic rings. The third-order valence-electron chi connectivity index (χ3n) is 5.99. The number of benzene rings is 2. The van der Waals surface area contributed by atoms with Crippen molar-refractivity contribution in [3.63, 3.8) is 0 Å². The molecular weight excluding hydrogens is 462 g/mol. The lowest BCUT2D eigenvalue weighted by molar-refractivity contribution is 0.415. The average molecular weight is 490 g/mol. The van der Waals surface area contributed by atoms with Gasteiger partial charge in [-0.15, -0.1) is 11.3 Å². The van der Waals surface area contributed by atoms with E-state index in [-0.39, 0.29) is 0 Å². The highest BCUT2D eigenvalue weighted by Gasteiger charge is 2.20. The molecule has 34 heavy (non-hydrogen) atoms. The van der Waals surface area contributed by atoms with Crippen LogP contribution in [-0.2, 0) is 12.8 Å². The van der Waals surface area contributed by atoms with Gasteiger partial charge in [0.05, 0.1) is 12.5 Å². The number of nitrogens with zero attached hydrogens (tertiary/aromatic N) is 2. The third-order valence-corrected chi connectivity index (χ3v) is 7.38. The molecule has 0 unspecified atom stereocenters. The molecule has 0 amide bonds. The molecule has 0 radical (unpaired) electrons. The standard InChI is InChI=1S/C26H27N5OS2/c1-32-19-15-13-17(14-16-19)23-28-24(30-31-26(33)27-18-9-5-4-6-10-18)22-20-11-7-2-3-8-12-21(20)34-25(22)29-23/h4-6,9-10,13-16H,2-3,7-8,11-12H2,1H3,(H2,27,31,33)(H,28,29,30). The maximum absolute atomic E-state index is 5.51. The second-order valence-electron chi connectivity index (χ2n) is 8.29. The van der Waals surface area contributed by atoms with Crippen LogP contribution in [0.1, 0.15) is 36.1 Å². The van der Waals surface area contributed by atoms with Crippen LogP contribution >= 0.6 is 23.6 Å². The van der Waals surface area contributed by atoms with Gasteiger partial charge in [-0.25, -0.2) is 9.97 Å². The number of anilines is 2. The molecule has 0 saturated heterocycles. The number of aromatic nitrogens is 2. The van der Waals surface area contributed by atoms with Crippen molar-refractivity contribution in [3.8, 4) is 17.1 Å². The van der Waals surface area contributed by atoms with Crippen LogP contribution in [0.4, 0.5) is 11.5 Å². The second-order valence-corrected chi connectivity index (χ2v) is 9.78. The Morgan fingerprint density at radius 1 is 0.941 bits per heavy atom. The Bertz CT molecular complexity index is 1290. The number of fused-ring (bicyclic) bond motifs is 3. The molecule has 4 aromatic rings. The Hall–Kier alpha value is -3.23. The van der Waals surface area contributed by atoms with Gasteiger partial charge in [-0.3, -0.25) is 10.9 Å². The zero-order valence-corrected chi connectivity index (χ0v) is 20.7. The predicted molar refractivity (Wildman–Crippen MR) is 145 cm³/mol. The maximum Gasteiger partial charge on any atom is 0.189 e. The Kier molecular flexibility index (Phi) is 6.87. The molecule has 8 heteroatoms. The highest BCUT2D eigenvalue weighted by atomic mass is 32.1. The topological polar surface area (TPSA) is 71.1 Å². The van der Waals surface area contributed by atoms with Crippen molar-refractivity contribution in [2.24, 2.45) is 0 Å². The van der Waals surface area contributed by atoms with Crippen LogP contribution in [0, 0.1) is 0 Å². The van der Waals surface area contributed by atoms with Crippen molar-refractivity contribution in [3.05, 3.63) is 65.0 Å². The first-order chi connectivity index (χ1) is 16.7. The van der Waals surface area contributed by atoms with Crippen LogP contribution in [0.3, 0.4) is 0 Å². The van der Waals surface area contributed by atoms with Crippen molar-refractivity contribution in [2.45, 2.75) is 38.5 Å². The van der Waals surface area contributed by atoms with Crippen LogP contribution in [0.2, 0.25) is 0 Å². The Morgan fingerprint density at radius 3 is 2.47 bits per heavy atom. The average Bonchev–Trinajstić information content (AvgIpc) is 3.19. The molecule has 0 atom stereocenters. The van der Waals surface area contributed by atoms with E-state index in [0.717, 1.165) is 45.9 Å². The summed E-state index contributed by atoms with van der Waals surface area (Å²) >= 11 is 7.31. The molecule has 6 nitrogen and oxygen atoms in total. The van der Waals surface area contributed by atoms with Gasteiger partial charge >= 0.3 is 0 Å². The van der Waals surface area contributed by atoms with Gasteiger partial charge in [0.2, 0.25) is 0 Å². The van der Waals surface area contributed by atoms with Crippen LogP contribution in [0.15, 0.2) is 54.6 Å². The van der Waals surface area contributed by atoms with E-state index in [1.54, 1.807) is 18.4 Å². The number of hydrazine groups is 1. The fourth-order valence-electron chi connectivity index (χ4n) is 4.27. The van der Waals surface area contributed by atoms with Gasteiger partial charge in [0, 0.05) is 16.1 Å². The highest BCUT2D eigenvalue weighted by molar-refractivity contribution is 7.80. The van der Waals surface area contributed by atoms with Gasteiger partial charge in [0.1, 0.15) is 10.6 Å². The quantitative estimate of drug-likeness (QED) is 0.223. The Labute approximate surface area is 208 Å². The van der Waals surface area contributed by atoms with E-state index in [1.165, 1.54) is 36.1 Å².